The normalized spacial score (nSPS) is 10.3. The van der Waals surface area contributed by atoms with Crippen molar-refractivity contribution >= 4 is 21.8 Å². The van der Waals surface area contributed by atoms with Gasteiger partial charge in [0.15, 0.2) is 0 Å². The molecule has 0 radical (unpaired) electrons. The highest BCUT2D eigenvalue weighted by Crippen LogP contribution is 2.21. The van der Waals surface area contributed by atoms with Crippen LogP contribution >= 0.6 is 0 Å². The van der Waals surface area contributed by atoms with Crippen molar-refractivity contribution in [2.45, 2.75) is 0 Å². The molecule has 4 heteroatoms. The van der Waals surface area contributed by atoms with E-state index in [9.17, 15) is 0 Å². The van der Waals surface area contributed by atoms with Gasteiger partial charge in [0.1, 0.15) is 11.5 Å². The molecule has 0 amide bonds. The van der Waals surface area contributed by atoms with E-state index in [1.165, 1.54) is 35.0 Å². The van der Waals surface area contributed by atoms with Gasteiger partial charge in [-0.15, -0.1) is 0 Å². The average molecular weight is 278 g/mol. The number of aromatic amines is 1. The Morgan fingerprint density at radius 2 is 1.52 bits per heavy atom. The molecule has 4 aromatic rings. The van der Waals surface area contributed by atoms with Gasteiger partial charge >= 0.3 is 0 Å². The molecule has 2 aromatic carbocycles. The summed E-state index contributed by atoms with van der Waals surface area (Å²) in [6.45, 7) is 0. The molecule has 0 aliphatic heterocycles. The second kappa shape index (κ2) is 5.54. The Kier molecular flexibility index (Phi) is 3.43. The number of benzene rings is 2. The number of hydrogen-bond donors (Lipinski definition) is 3. The molecule has 0 aliphatic carbocycles. The van der Waals surface area contributed by atoms with Gasteiger partial charge in [0.05, 0.1) is 11.0 Å². The molecule has 3 N–H and O–H groups in total. The SMILES string of the molecule is Oc1ccc(O)cc1.c1c[nH]c2c(c1)ccc1nccc12. The van der Waals surface area contributed by atoms with Crippen LogP contribution in [0.25, 0.3) is 21.8 Å². The van der Waals surface area contributed by atoms with Crippen LogP contribution in [-0.2, 0) is 0 Å². The van der Waals surface area contributed by atoms with Gasteiger partial charge in [-0.1, -0.05) is 12.1 Å². The van der Waals surface area contributed by atoms with E-state index in [-0.39, 0.29) is 11.5 Å². The summed E-state index contributed by atoms with van der Waals surface area (Å²) in [6.07, 6.45) is 3.78. The molecule has 21 heavy (non-hydrogen) atoms. The topological polar surface area (TPSA) is 69.1 Å². The van der Waals surface area contributed by atoms with Crippen LogP contribution in [-0.4, -0.2) is 20.2 Å². The first-order valence-corrected chi connectivity index (χ1v) is 6.53. The number of rotatable bonds is 0. The zero-order valence-electron chi connectivity index (χ0n) is 11.2. The van der Waals surface area contributed by atoms with Crippen LogP contribution in [0.5, 0.6) is 11.5 Å². The Bertz CT molecular complexity index is 846. The number of fused-ring (bicyclic) bond motifs is 3. The van der Waals surface area contributed by atoms with Crippen molar-refractivity contribution in [3.05, 3.63) is 67.0 Å². The maximum atomic E-state index is 8.65. The van der Waals surface area contributed by atoms with Crippen molar-refractivity contribution in [3.63, 3.8) is 0 Å². The molecule has 4 nitrogen and oxygen atoms in total. The number of phenols is 2. The lowest BCUT2D eigenvalue weighted by atomic mass is 10.1. The molecule has 2 heterocycles. The quantitative estimate of drug-likeness (QED) is 0.428. The smallest absolute Gasteiger partial charge is 0.115 e. The minimum absolute atomic E-state index is 0.169. The number of nitrogens with zero attached hydrogens (tertiary/aromatic N) is 1. The maximum absolute atomic E-state index is 8.65. The van der Waals surface area contributed by atoms with Crippen LogP contribution in [0.2, 0.25) is 0 Å². The zero-order valence-corrected chi connectivity index (χ0v) is 11.2. The monoisotopic (exact) mass is 278 g/mol. The standard InChI is InChI=1S/C11H8N2.C6H6O2/c1-2-8-3-4-10-9(5-7-12-10)11(8)13-6-1;7-5-1-2-6(8)4-3-5/h1-7,13H;1-4,7-8H. The average Bonchev–Trinajstić information content (AvgIpc) is 3.00. The number of hydrogen-bond acceptors (Lipinski definition) is 3. The van der Waals surface area contributed by atoms with Crippen molar-refractivity contribution < 1.29 is 10.2 Å². The third-order valence-corrected chi connectivity index (χ3v) is 3.16. The molecule has 0 atom stereocenters. The Hall–Kier alpha value is -3.01. The number of aromatic hydroxyl groups is 2. The van der Waals surface area contributed by atoms with Crippen molar-refractivity contribution in [1.82, 2.24) is 9.97 Å². The Labute approximate surface area is 121 Å². The van der Waals surface area contributed by atoms with Crippen LogP contribution in [0.4, 0.5) is 0 Å². The molecule has 2 aromatic heterocycles. The lowest BCUT2D eigenvalue weighted by Crippen LogP contribution is -1.77. The molecular formula is C17H14N2O2. The van der Waals surface area contributed by atoms with Gasteiger partial charge in [0.2, 0.25) is 0 Å². The Balaban J connectivity index is 0.000000143. The molecule has 0 aliphatic rings. The minimum Gasteiger partial charge on any atom is -0.508 e. The lowest BCUT2D eigenvalue weighted by Gasteiger charge is -1.97. The molecular weight excluding hydrogens is 264 g/mol. The van der Waals surface area contributed by atoms with Crippen molar-refractivity contribution in [1.29, 1.82) is 0 Å². The summed E-state index contributed by atoms with van der Waals surface area (Å²) < 4.78 is 0. The lowest BCUT2D eigenvalue weighted by molar-refractivity contribution is 0.460. The molecule has 4 rings (SSSR count). The van der Waals surface area contributed by atoms with Gasteiger partial charge < -0.3 is 15.2 Å². The highest BCUT2D eigenvalue weighted by Gasteiger charge is 1.99. The predicted molar refractivity (Wildman–Crippen MR) is 83.4 cm³/mol. The Morgan fingerprint density at radius 1 is 0.810 bits per heavy atom. The number of pyridine rings is 1. The maximum Gasteiger partial charge on any atom is 0.115 e. The van der Waals surface area contributed by atoms with Crippen molar-refractivity contribution in [3.8, 4) is 11.5 Å². The second-order valence-corrected chi connectivity index (χ2v) is 4.59. The van der Waals surface area contributed by atoms with Gasteiger partial charge in [0, 0.05) is 17.8 Å². The summed E-state index contributed by atoms with van der Waals surface area (Å²) in [4.78, 5) is 7.49. The van der Waals surface area contributed by atoms with Gasteiger partial charge in [-0.2, -0.15) is 0 Å². The third-order valence-electron chi connectivity index (χ3n) is 3.16. The van der Waals surface area contributed by atoms with E-state index in [1.807, 2.05) is 30.6 Å². The molecule has 0 saturated carbocycles. The van der Waals surface area contributed by atoms with Crippen LogP contribution < -0.4 is 0 Å². The fourth-order valence-electron chi connectivity index (χ4n) is 2.13. The van der Waals surface area contributed by atoms with Crippen molar-refractivity contribution in [2.75, 3.05) is 0 Å². The van der Waals surface area contributed by atoms with Crippen LogP contribution in [0, 0.1) is 0 Å². The highest BCUT2D eigenvalue weighted by atomic mass is 16.3. The fourth-order valence-corrected chi connectivity index (χ4v) is 2.13. The number of aromatic nitrogens is 2. The van der Waals surface area contributed by atoms with E-state index in [2.05, 4.69) is 22.1 Å². The number of H-pyrrole nitrogens is 1. The first-order valence-electron chi connectivity index (χ1n) is 6.53. The van der Waals surface area contributed by atoms with Gasteiger partial charge in [-0.25, -0.2) is 0 Å². The summed E-state index contributed by atoms with van der Waals surface area (Å²) >= 11 is 0. The number of nitrogens with one attached hydrogen (secondary N) is 1. The van der Waals surface area contributed by atoms with Crippen molar-refractivity contribution in [2.24, 2.45) is 0 Å². The van der Waals surface area contributed by atoms with E-state index in [4.69, 9.17) is 10.2 Å². The van der Waals surface area contributed by atoms with E-state index >= 15 is 0 Å². The minimum atomic E-state index is 0.169. The highest BCUT2D eigenvalue weighted by molar-refractivity contribution is 6.03. The zero-order chi connectivity index (χ0) is 14.7. The molecule has 104 valence electrons. The molecule has 0 unspecified atom stereocenters. The number of phenolic OH excluding ortho intramolecular Hbond substituents is 2. The van der Waals surface area contributed by atoms with Crippen LogP contribution in [0.15, 0.2) is 67.0 Å². The van der Waals surface area contributed by atoms with Crippen LogP contribution in [0.1, 0.15) is 0 Å². The van der Waals surface area contributed by atoms with Crippen LogP contribution in [0.3, 0.4) is 0 Å². The Morgan fingerprint density at radius 3 is 2.24 bits per heavy atom. The predicted octanol–water partition coefficient (Wildman–Crippen LogP) is 3.81. The molecule has 0 fully saturated rings. The van der Waals surface area contributed by atoms with E-state index in [0.717, 1.165) is 11.0 Å². The van der Waals surface area contributed by atoms with E-state index < -0.39 is 0 Å². The largest absolute Gasteiger partial charge is 0.508 e. The summed E-state index contributed by atoms with van der Waals surface area (Å²) in [7, 11) is 0. The summed E-state index contributed by atoms with van der Waals surface area (Å²) in [5, 5.41) is 19.7. The third kappa shape index (κ3) is 2.79. The fraction of sp³-hybridized carbons (Fsp3) is 0. The molecule has 0 bridgehead atoms. The van der Waals surface area contributed by atoms with Gasteiger partial charge in [0.25, 0.3) is 0 Å². The van der Waals surface area contributed by atoms with E-state index in [0.29, 0.717) is 0 Å². The molecule has 0 spiro atoms. The van der Waals surface area contributed by atoms with Gasteiger partial charge in [-0.3, -0.25) is 4.98 Å². The first-order chi connectivity index (χ1) is 10.2. The summed E-state index contributed by atoms with van der Waals surface area (Å²) in [5.41, 5.74) is 2.22. The van der Waals surface area contributed by atoms with E-state index in [1.54, 1.807) is 0 Å². The molecule has 0 saturated heterocycles. The summed E-state index contributed by atoms with van der Waals surface area (Å²) in [5.74, 6) is 0.339. The van der Waals surface area contributed by atoms with Gasteiger partial charge in [-0.05, 0) is 47.9 Å². The summed E-state index contributed by atoms with van der Waals surface area (Å²) in [6, 6.07) is 16.0. The second-order valence-electron chi connectivity index (χ2n) is 4.59. The first kappa shape index (κ1) is 13.0.